The summed E-state index contributed by atoms with van der Waals surface area (Å²) in [6.45, 7) is 2.62. The number of halogens is 1. The van der Waals surface area contributed by atoms with Crippen molar-refractivity contribution < 1.29 is 0 Å². The fraction of sp³-hybridized carbons (Fsp3) is 0.231. The number of aromatic nitrogens is 2. The van der Waals surface area contributed by atoms with Crippen LogP contribution in [0.15, 0.2) is 35.4 Å². The molecule has 86 valence electrons. The second kappa shape index (κ2) is 5.03. The lowest BCUT2D eigenvalue weighted by Crippen LogP contribution is -2.04. The van der Waals surface area contributed by atoms with Crippen molar-refractivity contribution in [2.75, 3.05) is 0 Å². The molecule has 0 fully saturated rings. The molecular weight excluding hydrogens is 234 g/mol. The van der Waals surface area contributed by atoms with Crippen LogP contribution in [0, 0.1) is 11.3 Å². The van der Waals surface area contributed by atoms with Crippen molar-refractivity contribution in [2.45, 2.75) is 19.9 Å². The van der Waals surface area contributed by atoms with Crippen LogP contribution in [0.5, 0.6) is 0 Å². The van der Waals surface area contributed by atoms with Gasteiger partial charge in [-0.3, -0.25) is 0 Å². The summed E-state index contributed by atoms with van der Waals surface area (Å²) in [6, 6.07) is 10.0. The molecule has 0 aliphatic carbocycles. The fourth-order valence-corrected chi connectivity index (χ4v) is 1.86. The van der Waals surface area contributed by atoms with E-state index in [4.69, 9.17) is 16.9 Å². The Morgan fingerprint density at radius 2 is 2.29 bits per heavy atom. The molecule has 0 N–H and O–H groups in total. The Balaban J connectivity index is 2.56. The summed E-state index contributed by atoms with van der Waals surface area (Å²) in [5, 5.41) is 8.82. The van der Waals surface area contributed by atoms with Gasteiger partial charge in [0.05, 0.1) is 23.5 Å². The Bertz CT molecular complexity index is 605. The third-order valence-electron chi connectivity index (χ3n) is 2.56. The highest BCUT2D eigenvalue weighted by Crippen LogP contribution is 2.18. The fourth-order valence-electron chi connectivity index (χ4n) is 1.79. The first-order chi connectivity index (χ1) is 8.26. The molecule has 0 unspecified atom stereocenters. The average molecular weight is 246 g/mol. The summed E-state index contributed by atoms with van der Waals surface area (Å²) < 4.78 is 2.03. The van der Waals surface area contributed by atoms with Gasteiger partial charge in [0.1, 0.15) is 5.82 Å². The van der Waals surface area contributed by atoms with E-state index >= 15 is 0 Å². The van der Waals surface area contributed by atoms with Crippen LogP contribution < -0.4 is 0 Å². The van der Waals surface area contributed by atoms with Crippen molar-refractivity contribution in [1.29, 1.82) is 5.26 Å². The number of para-hydroxylation sites is 2. The monoisotopic (exact) mass is 245 g/mol. The predicted octanol–water partition coefficient (Wildman–Crippen LogP) is 3.24. The molecule has 0 radical (unpaired) electrons. The van der Waals surface area contributed by atoms with Gasteiger partial charge in [-0.15, -0.1) is 0 Å². The van der Waals surface area contributed by atoms with Crippen molar-refractivity contribution in [1.82, 2.24) is 9.55 Å². The molecule has 1 aromatic heterocycles. The molecule has 0 atom stereocenters. The molecule has 2 rings (SSSR count). The molecule has 0 spiro atoms. The first-order valence-electron chi connectivity index (χ1n) is 5.33. The van der Waals surface area contributed by atoms with Gasteiger partial charge in [0.2, 0.25) is 0 Å². The molecule has 17 heavy (non-hydrogen) atoms. The molecule has 0 bridgehead atoms. The number of fused-ring (bicyclic) bond motifs is 1. The van der Waals surface area contributed by atoms with Gasteiger partial charge in [-0.1, -0.05) is 23.7 Å². The number of allylic oxidation sites excluding steroid dienone is 1. The average Bonchev–Trinajstić information content (AvgIpc) is 2.68. The molecule has 0 saturated carbocycles. The van der Waals surface area contributed by atoms with Crippen LogP contribution in [-0.4, -0.2) is 9.55 Å². The highest BCUT2D eigenvalue weighted by molar-refractivity contribution is 6.25. The standard InChI is InChI=1S/C13H12ClN3/c1-10(8-14)9-17-12-5-3-2-4-11(12)16-13(17)6-7-15/h2-5,8H,6,9H2,1H3/b10-8-. The van der Waals surface area contributed by atoms with Gasteiger partial charge in [-0.05, 0) is 24.6 Å². The van der Waals surface area contributed by atoms with Gasteiger partial charge < -0.3 is 4.57 Å². The second-order valence-corrected chi connectivity index (χ2v) is 4.11. The normalized spacial score (nSPS) is 11.7. The lowest BCUT2D eigenvalue weighted by atomic mass is 10.3. The summed E-state index contributed by atoms with van der Waals surface area (Å²) >= 11 is 5.69. The lowest BCUT2D eigenvalue weighted by molar-refractivity contribution is 0.759. The zero-order valence-electron chi connectivity index (χ0n) is 9.52. The number of nitriles is 1. The van der Waals surface area contributed by atoms with Gasteiger partial charge in [-0.25, -0.2) is 4.98 Å². The van der Waals surface area contributed by atoms with Crippen molar-refractivity contribution in [3.05, 3.63) is 41.2 Å². The molecule has 0 aliphatic rings. The van der Waals surface area contributed by atoms with Crippen LogP contribution in [0.2, 0.25) is 0 Å². The predicted molar refractivity (Wildman–Crippen MR) is 68.7 cm³/mol. The van der Waals surface area contributed by atoms with Crippen LogP contribution in [0.4, 0.5) is 0 Å². The highest BCUT2D eigenvalue weighted by atomic mass is 35.5. The molecule has 1 aromatic carbocycles. The Morgan fingerprint density at radius 3 is 3.00 bits per heavy atom. The summed E-state index contributed by atoms with van der Waals surface area (Å²) in [5.74, 6) is 0.784. The summed E-state index contributed by atoms with van der Waals surface area (Å²) in [4.78, 5) is 4.46. The largest absolute Gasteiger partial charge is 0.323 e. The third-order valence-corrected chi connectivity index (χ3v) is 2.94. The van der Waals surface area contributed by atoms with Crippen LogP contribution in [0.25, 0.3) is 11.0 Å². The molecular formula is C13H12ClN3. The quantitative estimate of drug-likeness (QED) is 0.833. The topological polar surface area (TPSA) is 41.6 Å². The van der Waals surface area contributed by atoms with Crippen LogP contribution >= 0.6 is 11.6 Å². The van der Waals surface area contributed by atoms with Gasteiger partial charge >= 0.3 is 0 Å². The van der Waals surface area contributed by atoms with E-state index in [1.807, 2.05) is 35.8 Å². The third kappa shape index (κ3) is 2.32. The van der Waals surface area contributed by atoms with Crippen molar-refractivity contribution in [3.63, 3.8) is 0 Å². The summed E-state index contributed by atoms with van der Waals surface area (Å²) in [6.07, 6.45) is 0.310. The van der Waals surface area contributed by atoms with Crippen LogP contribution in [0.3, 0.4) is 0 Å². The van der Waals surface area contributed by atoms with E-state index in [1.54, 1.807) is 5.54 Å². The summed E-state index contributed by atoms with van der Waals surface area (Å²) in [7, 11) is 0. The number of hydrogen-bond acceptors (Lipinski definition) is 2. The zero-order chi connectivity index (χ0) is 12.3. The molecule has 3 nitrogen and oxygen atoms in total. The number of hydrogen-bond donors (Lipinski definition) is 0. The maximum Gasteiger partial charge on any atom is 0.124 e. The van der Waals surface area contributed by atoms with Crippen molar-refractivity contribution in [2.24, 2.45) is 0 Å². The van der Waals surface area contributed by atoms with Gasteiger partial charge in [0.25, 0.3) is 0 Å². The van der Waals surface area contributed by atoms with Crippen molar-refractivity contribution >= 4 is 22.6 Å². The molecule has 2 aromatic rings. The highest BCUT2D eigenvalue weighted by Gasteiger charge is 2.09. The van der Waals surface area contributed by atoms with Crippen LogP contribution in [0.1, 0.15) is 12.7 Å². The summed E-state index contributed by atoms with van der Waals surface area (Å²) in [5.41, 5.74) is 4.55. The Hall–Kier alpha value is -1.79. The smallest absolute Gasteiger partial charge is 0.124 e. The molecule has 0 saturated heterocycles. The number of benzene rings is 1. The van der Waals surface area contributed by atoms with E-state index in [9.17, 15) is 0 Å². The first-order valence-corrected chi connectivity index (χ1v) is 5.77. The Kier molecular flexibility index (Phi) is 3.46. The SMILES string of the molecule is C/C(=C/Cl)Cn1c(CC#N)nc2ccccc21. The Labute approximate surface area is 105 Å². The minimum atomic E-state index is 0.310. The molecule has 4 heteroatoms. The molecule has 0 aliphatic heterocycles. The van der Waals surface area contributed by atoms with Crippen LogP contribution in [-0.2, 0) is 13.0 Å². The lowest BCUT2D eigenvalue weighted by Gasteiger charge is -2.06. The van der Waals surface area contributed by atoms with Gasteiger partial charge in [-0.2, -0.15) is 5.26 Å². The van der Waals surface area contributed by atoms with E-state index in [-0.39, 0.29) is 0 Å². The number of imidazole rings is 1. The molecule has 1 heterocycles. The molecule has 0 amide bonds. The van der Waals surface area contributed by atoms with E-state index in [2.05, 4.69) is 11.1 Å². The van der Waals surface area contributed by atoms with E-state index < -0.39 is 0 Å². The second-order valence-electron chi connectivity index (χ2n) is 3.89. The maximum absolute atomic E-state index is 8.82. The first kappa shape index (κ1) is 11.7. The minimum absolute atomic E-state index is 0.310. The van der Waals surface area contributed by atoms with Gasteiger partial charge in [0.15, 0.2) is 0 Å². The number of nitrogens with zero attached hydrogens (tertiary/aromatic N) is 3. The van der Waals surface area contributed by atoms with E-state index in [1.165, 1.54) is 0 Å². The Morgan fingerprint density at radius 1 is 1.53 bits per heavy atom. The van der Waals surface area contributed by atoms with Crippen molar-refractivity contribution in [3.8, 4) is 6.07 Å². The maximum atomic E-state index is 8.82. The van der Waals surface area contributed by atoms with Gasteiger partial charge in [0, 0.05) is 12.1 Å². The zero-order valence-corrected chi connectivity index (χ0v) is 10.3. The number of rotatable bonds is 3. The van der Waals surface area contributed by atoms with E-state index in [0.29, 0.717) is 13.0 Å². The minimum Gasteiger partial charge on any atom is -0.323 e. The van der Waals surface area contributed by atoms with E-state index in [0.717, 1.165) is 22.4 Å².